The first-order valence-corrected chi connectivity index (χ1v) is 14.2. The second-order valence-electron chi connectivity index (χ2n) is 11.1. The predicted molar refractivity (Wildman–Crippen MR) is 161 cm³/mol. The molecule has 4 rings (SSSR count). The summed E-state index contributed by atoms with van der Waals surface area (Å²) in [5.74, 6) is -2.85. The number of nitrogens with zero attached hydrogens (tertiary/aromatic N) is 3. The molecule has 44 heavy (non-hydrogen) atoms. The van der Waals surface area contributed by atoms with E-state index in [9.17, 15) is 23.5 Å². The number of hydrogen-bond donors (Lipinski definition) is 3. The standard InChI is InChI=1S/C31H39F2N5O6/c1-18(2)44-27-11-21(23-8-7-22(43-6)12-24(23)30(41)38-16-31(32,33)17-38)10-26(35-27)36-28(39)25-9-20(15-37(4)29(25)40)14-34-13-19(3)42-5/h7-12,15,18-19,30,34,41H,13-14,16-17H2,1-6H3,(H,35,36,39)/t19-,30?/m0/s1. The number of anilines is 1. The highest BCUT2D eigenvalue weighted by molar-refractivity contribution is 6.04. The highest BCUT2D eigenvalue weighted by Gasteiger charge is 2.47. The number of aryl methyl sites for hydroxylation is 1. The normalized spacial score (nSPS) is 15.9. The smallest absolute Gasteiger partial charge is 0.273 e. The van der Waals surface area contributed by atoms with Crippen LogP contribution in [0.15, 0.2) is 47.4 Å². The number of methoxy groups -OCH3 is 2. The van der Waals surface area contributed by atoms with Gasteiger partial charge in [-0.3, -0.25) is 14.5 Å². The van der Waals surface area contributed by atoms with Gasteiger partial charge < -0.3 is 34.5 Å². The lowest BCUT2D eigenvalue weighted by Gasteiger charge is -2.42. The minimum atomic E-state index is -2.88. The van der Waals surface area contributed by atoms with Crippen LogP contribution in [0, 0.1) is 0 Å². The molecule has 1 fully saturated rings. The maximum atomic E-state index is 13.6. The zero-order valence-corrected chi connectivity index (χ0v) is 25.7. The van der Waals surface area contributed by atoms with Gasteiger partial charge in [0.2, 0.25) is 5.88 Å². The van der Waals surface area contributed by atoms with Crippen LogP contribution >= 0.6 is 0 Å². The van der Waals surface area contributed by atoms with E-state index in [1.54, 1.807) is 50.7 Å². The van der Waals surface area contributed by atoms with Gasteiger partial charge in [0.05, 0.1) is 32.4 Å². The van der Waals surface area contributed by atoms with E-state index in [0.717, 1.165) is 5.56 Å². The number of ether oxygens (including phenoxy) is 3. The second-order valence-corrected chi connectivity index (χ2v) is 11.1. The van der Waals surface area contributed by atoms with Gasteiger partial charge in [-0.05, 0) is 61.7 Å². The molecule has 1 saturated heterocycles. The van der Waals surface area contributed by atoms with Crippen LogP contribution in [0.4, 0.5) is 14.6 Å². The largest absolute Gasteiger partial charge is 0.497 e. The molecule has 2 aromatic heterocycles. The van der Waals surface area contributed by atoms with Crippen molar-refractivity contribution in [3.05, 3.63) is 69.6 Å². The molecule has 1 aliphatic rings. The number of alkyl halides is 2. The van der Waals surface area contributed by atoms with Crippen LogP contribution in [0.25, 0.3) is 11.1 Å². The molecule has 11 nitrogen and oxygen atoms in total. The van der Waals surface area contributed by atoms with E-state index in [1.807, 2.05) is 20.8 Å². The second kappa shape index (κ2) is 13.8. The lowest BCUT2D eigenvalue weighted by atomic mass is 9.96. The lowest BCUT2D eigenvalue weighted by molar-refractivity contribution is -0.185. The Morgan fingerprint density at radius 1 is 1.14 bits per heavy atom. The third-order valence-electron chi connectivity index (χ3n) is 7.11. The quantitative estimate of drug-likeness (QED) is 0.265. The number of likely N-dealkylation sites (tertiary alicyclic amines) is 1. The fourth-order valence-corrected chi connectivity index (χ4v) is 4.82. The monoisotopic (exact) mass is 615 g/mol. The van der Waals surface area contributed by atoms with Crippen LogP contribution in [-0.2, 0) is 18.3 Å². The Labute approximate surface area is 254 Å². The third kappa shape index (κ3) is 7.97. The molecule has 238 valence electrons. The van der Waals surface area contributed by atoms with Gasteiger partial charge in [0.15, 0.2) is 0 Å². The average molecular weight is 616 g/mol. The molecule has 3 heterocycles. The number of aromatic nitrogens is 2. The van der Waals surface area contributed by atoms with E-state index in [4.69, 9.17) is 14.2 Å². The molecule has 0 spiro atoms. The Kier molecular flexibility index (Phi) is 10.4. The number of rotatable bonds is 13. The van der Waals surface area contributed by atoms with Gasteiger partial charge in [-0.25, -0.2) is 8.78 Å². The number of amides is 1. The van der Waals surface area contributed by atoms with Gasteiger partial charge in [0.25, 0.3) is 17.4 Å². The summed E-state index contributed by atoms with van der Waals surface area (Å²) in [5, 5.41) is 17.0. The maximum Gasteiger partial charge on any atom is 0.273 e. The Hall–Kier alpha value is -3.91. The Morgan fingerprint density at radius 2 is 1.86 bits per heavy atom. The van der Waals surface area contributed by atoms with Crippen molar-refractivity contribution in [2.45, 2.75) is 51.7 Å². The molecule has 0 saturated carbocycles. The fourth-order valence-electron chi connectivity index (χ4n) is 4.82. The van der Waals surface area contributed by atoms with E-state index in [0.29, 0.717) is 35.5 Å². The summed E-state index contributed by atoms with van der Waals surface area (Å²) in [5.41, 5.74) is 1.47. The highest BCUT2D eigenvalue weighted by atomic mass is 19.3. The van der Waals surface area contributed by atoms with Crippen molar-refractivity contribution < 1.29 is 32.9 Å². The van der Waals surface area contributed by atoms with Crippen molar-refractivity contribution in [2.24, 2.45) is 7.05 Å². The number of carbonyl (C=O) groups excluding carboxylic acids is 1. The Balaban J connectivity index is 1.68. The van der Waals surface area contributed by atoms with Crippen LogP contribution in [0.5, 0.6) is 11.6 Å². The van der Waals surface area contributed by atoms with E-state index in [1.165, 1.54) is 22.6 Å². The molecule has 2 atom stereocenters. The summed E-state index contributed by atoms with van der Waals surface area (Å²) in [6, 6.07) is 9.66. The van der Waals surface area contributed by atoms with Crippen LogP contribution in [0.2, 0.25) is 0 Å². The Bertz CT molecular complexity index is 1540. The van der Waals surface area contributed by atoms with Crippen molar-refractivity contribution in [1.82, 2.24) is 19.8 Å². The number of hydrogen-bond acceptors (Lipinski definition) is 9. The van der Waals surface area contributed by atoms with E-state index >= 15 is 0 Å². The van der Waals surface area contributed by atoms with Gasteiger partial charge in [0, 0.05) is 45.1 Å². The van der Waals surface area contributed by atoms with E-state index in [-0.39, 0.29) is 29.5 Å². The Morgan fingerprint density at radius 3 is 2.50 bits per heavy atom. The minimum Gasteiger partial charge on any atom is -0.497 e. The lowest BCUT2D eigenvalue weighted by Crippen LogP contribution is -2.57. The van der Waals surface area contributed by atoms with Crippen LogP contribution in [0.3, 0.4) is 0 Å². The molecular formula is C31H39F2N5O6. The first-order chi connectivity index (χ1) is 20.8. The molecule has 3 N–H and O–H groups in total. The number of pyridine rings is 2. The van der Waals surface area contributed by atoms with Crippen molar-refractivity contribution in [2.75, 3.05) is 39.2 Å². The summed E-state index contributed by atoms with van der Waals surface area (Å²) in [7, 11) is 4.65. The summed E-state index contributed by atoms with van der Waals surface area (Å²) < 4.78 is 45.0. The summed E-state index contributed by atoms with van der Waals surface area (Å²) in [6.45, 7) is 5.38. The molecule has 3 aromatic rings. The van der Waals surface area contributed by atoms with E-state index in [2.05, 4.69) is 15.6 Å². The van der Waals surface area contributed by atoms with Gasteiger partial charge >= 0.3 is 0 Å². The molecule has 0 radical (unpaired) electrons. The maximum absolute atomic E-state index is 13.6. The molecule has 13 heteroatoms. The number of carbonyl (C=O) groups is 1. The summed E-state index contributed by atoms with van der Waals surface area (Å²) in [4.78, 5) is 32.0. The van der Waals surface area contributed by atoms with Crippen molar-refractivity contribution >= 4 is 11.7 Å². The van der Waals surface area contributed by atoms with E-state index < -0.39 is 36.7 Å². The van der Waals surface area contributed by atoms with Crippen LogP contribution in [0.1, 0.15) is 48.5 Å². The zero-order valence-electron chi connectivity index (χ0n) is 25.7. The average Bonchev–Trinajstić information content (AvgIpc) is 2.96. The van der Waals surface area contributed by atoms with Gasteiger partial charge in [-0.2, -0.15) is 4.98 Å². The van der Waals surface area contributed by atoms with Crippen LogP contribution in [-0.4, -0.2) is 77.4 Å². The number of nitrogens with one attached hydrogen (secondary N) is 2. The SMILES string of the molecule is COc1ccc(-c2cc(NC(=O)c3cc(CNC[C@H](C)OC)cn(C)c3=O)nc(OC(C)C)c2)c(C(O)N2CC(F)(F)C2)c1. The minimum absolute atomic E-state index is 0.00918. The molecule has 1 amide bonds. The van der Waals surface area contributed by atoms with Gasteiger partial charge in [0.1, 0.15) is 23.4 Å². The topological polar surface area (TPSA) is 127 Å². The van der Waals surface area contributed by atoms with Gasteiger partial charge in [-0.15, -0.1) is 0 Å². The third-order valence-corrected chi connectivity index (χ3v) is 7.11. The molecule has 1 unspecified atom stereocenters. The first-order valence-electron chi connectivity index (χ1n) is 14.2. The van der Waals surface area contributed by atoms with Crippen molar-refractivity contribution in [1.29, 1.82) is 0 Å². The summed E-state index contributed by atoms with van der Waals surface area (Å²) in [6.07, 6.45) is 0.0428. The summed E-state index contributed by atoms with van der Waals surface area (Å²) >= 11 is 0. The molecule has 0 aliphatic carbocycles. The van der Waals surface area contributed by atoms with Crippen molar-refractivity contribution in [3.8, 4) is 22.8 Å². The predicted octanol–water partition coefficient (Wildman–Crippen LogP) is 3.56. The van der Waals surface area contributed by atoms with Gasteiger partial charge in [-0.1, -0.05) is 6.07 Å². The van der Waals surface area contributed by atoms with Crippen molar-refractivity contribution in [3.63, 3.8) is 0 Å². The number of aliphatic hydroxyl groups excluding tert-OH is 1. The molecule has 1 aromatic carbocycles. The number of aliphatic hydroxyl groups is 1. The fraction of sp³-hybridized carbons (Fsp3) is 0.452. The molecular weight excluding hydrogens is 576 g/mol. The zero-order chi connectivity index (χ0) is 32.2. The first kappa shape index (κ1) is 33.0. The number of benzene rings is 1. The number of halogens is 2. The molecule has 0 bridgehead atoms. The van der Waals surface area contributed by atoms with Crippen LogP contribution < -0.4 is 25.7 Å². The molecule has 1 aliphatic heterocycles. The highest BCUT2D eigenvalue weighted by Crippen LogP contribution is 2.39.